The maximum Gasteiger partial charge on any atom is 0.257 e. The van der Waals surface area contributed by atoms with E-state index in [1.165, 1.54) is 0 Å². The zero-order valence-electron chi connectivity index (χ0n) is 12.2. The van der Waals surface area contributed by atoms with Crippen molar-refractivity contribution < 1.29 is 9.59 Å². The Morgan fingerprint density at radius 3 is 2.65 bits per heavy atom. The van der Waals surface area contributed by atoms with E-state index >= 15 is 0 Å². The smallest absolute Gasteiger partial charge is 0.257 e. The second-order valence-corrected chi connectivity index (χ2v) is 6.04. The van der Waals surface area contributed by atoms with Crippen molar-refractivity contribution in [3.63, 3.8) is 0 Å². The molecule has 6 heteroatoms. The Balaban J connectivity index is 1.81. The third-order valence-electron chi connectivity index (χ3n) is 3.69. The molecule has 118 valence electrons. The summed E-state index contributed by atoms with van der Waals surface area (Å²) in [6.45, 7) is 0.705. The summed E-state index contributed by atoms with van der Waals surface area (Å²) in [4.78, 5) is 25.9. The second-order valence-electron chi connectivity index (χ2n) is 5.25. The molecule has 2 amide bonds. The van der Waals surface area contributed by atoms with E-state index in [0.717, 1.165) is 12.1 Å². The van der Waals surface area contributed by atoms with Gasteiger partial charge in [-0.25, -0.2) is 0 Å². The van der Waals surface area contributed by atoms with Crippen LogP contribution >= 0.6 is 23.2 Å². The van der Waals surface area contributed by atoms with Gasteiger partial charge in [-0.1, -0.05) is 35.3 Å². The van der Waals surface area contributed by atoms with Gasteiger partial charge >= 0.3 is 0 Å². The lowest BCUT2D eigenvalue weighted by atomic mass is 10.2. The number of nitrogens with one attached hydrogen (secondary N) is 1. The van der Waals surface area contributed by atoms with Crippen LogP contribution in [0.4, 0.5) is 11.4 Å². The molecule has 1 saturated heterocycles. The highest BCUT2D eigenvalue weighted by atomic mass is 35.5. The number of amides is 2. The number of hydrogen-bond donors (Lipinski definition) is 1. The van der Waals surface area contributed by atoms with E-state index in [-0.39, 0.29) is 16.8 Å². The summed E-state index contributed by atoms with van der Waals surface area (Å²) in [7, 11) is 0. The Bertz CT molecular complexity index is 777. The van der Waals surface area contributed by atoms with Crippen molar-refractivity contribution in [3.05, 3.63) is 58.1 Å². The first kappa shape index (κ1) is 15.8. The van der Waals surface area contributed by atoms with Gasteiger partial charge in [-0.2, -0.15) is 0 Å². The molecule has 0 aromatic heterocycles. The number of anilines is 2. The highest BCUT2D eigenvalue weighted by Gasteiger charge is 2.22. The van der Waals surface area contributed by atoms with Gasteiger partial charge in [0, 0.05) is 24.3 Å². The number of carbonyl (C=O) groups is 2. The minimum Gasteiger partial charge on any atom is -0.322 e. The van der Waals surface area contributed by atoms with Gasteiger partial charge < -0.3 is 10.2 Å². The fraction of sp³-hybridized carbons (Fsp3) is 0.176. The van der Waals surface area contributed by atoms with Gasteiger partial charge in [0.05, 0.1) is 15.6 Å². The van der Waals surface area contributed by atoms with Gasteiger partial charge in [0.1, 0.15) is 0 Å². The summed E-state index contributed by atoms with van der Waals surface area (Å²) >= 11 is 12.0. The van der Waals surface area contributed by atoms with Crippen molar-refractivity contribution in [2.45, 2.75) is 12.8 Å². The van der Waals surface area contributed by atoms with Crippen molar-refractivity contribution in [2.75, 3.05) is 16.8 Å². The molecule has 0 spiro atoms. The van der Waals surface area contributed by atoms with Gasteiger partial charge in [0.25, 0.3) is 5.91 Å². The number of rotatable bonds is 3. The second kappa shape index (κ2) is 6.60. The topological polar surface area (TPSA) is 49.4 Å². The van der Waals surface area contributed by atoms with Crippen molar-refractivity contribution >= 4 is 46.4 Å². The maximum atomic E-state index is 12.3. The van der Waals surface area contributed by atoms with Crippen molar-refractivity contribution in [3.8, 4) is 0 Å². The third kappa shape index (κ3) is 3.33. The standard InChI is InChI=1S/C17H14Cl2N2O2/c18-14-7-2-6-13(16(14)19)17(23)20-11-4-1-5-12(10-11)21-9-3-8-15(21)22/h1-2,4-7,10H,3,8-9H2,(H,20,23). The molecule has 1 fully saturated rings. The molecule has 2 aromatic carbocycles. The highest BCUT2D eigenvalue weighted by molar-refractivity contribution is 6.44. The van der Waals surface area contributed by atoms with Crippen LogP contribution in [0.15, 0.2) is 42.5 Å². The van der Waals surface area contributed by atoms with Crippen LogP contribution in [0.5, 0.6) is 0 Å². The van der Waals surface area contributed by atoms with Crippen LogP contribution in [-0.2, 0) is 4.79 Å². The van der Waals surface area contributed by atoms with Crippen LogP contribution in [0.2, 0.25) is 10.0 Å². The first-order valence-electron chi connectivity index (χ1n) is 7.22. The predicted molar refractivity (Wildman–Crippen MR) is 92.4 cm³/mol. The zero-order chi connectivity index (χ0) is 16.4. The van der Waals surface area contributed by atoms with E-state index in [4.69, 9.17) is 23.2 Å². The highest BCUT2D eigenvalue weighted by Crippen LogP contribution is 2.27. The van der Waals surface area contributed by atoms with Gasteiger partial charge in [-0.15, -0.1) is 0 Å². The molecule has 0 saturated carbocycles. The first-order chi connectivity index (χ1) is 11.1. The zero-order valence-corrected chi connectivity index (χ0v) is 13.7. The Morgan fingerprint density at radius 2 is 1.91 bits per heavy atom. The lowest BCUT2D eigenvalue weighted by Gasteiger charge is -2.17. The molecule has 3 rings (SSSR count). The molecule has 0 bridgehead atoms. The van der Waals surface area contributed by atoms with Crippen LogP contribution < -0.4 is 10.2 Å². The van der Waals surface area contributed by atoms with Gasteiger partial charge in [-0.05, 0) is 36.8 Å². The summed E-state index contributed by atoms with van der Waals surface area (Å²) in [6, 6.07) is 12.1. The van der Waals surface area contributed by atoms with Crippen LogP contribution in [0.3, 0.4) is 0 Å². The molecule has 0 radical (unpaired) electrons. The normalized spacial score (nSPS) is 14.2. The fourth-order valence-electron chi connectivity index (χ4n) is 2.55. The molecule has 0 unspecified atom stereocenters. The van der Waals surface area contributed by atoms with Crippen molar-refractivity contribution in [1.82, 2.24) is 0 Å². The quantitative estimate of drug-likeness (QED) is 0.894. The number of hydrogen-bond acceptors (Lipinski definition) is 2. The van der Waals surface area contributed by atoms with Gasteiger partial charge in [0.2, 0.25) is 5.91 Å². The van der Waals surface area contributed by atoms with Crippen molar-refractivity contribution in [1.29, 1.82) is 0 Å². The number of halogens is 2. The van der Waals surface area contributed by atoms with Crippen LogP contribution in [0.25, 0.3) is 0 Å². The SMILES string of the molecule is O=C(Nc1cccc(N2CCCC2=O)c1)c1cccc(Cl)c1Cl. The molecule has 23 heavy (non-hydrogen) atoms. The molecule has 1 aliphatic heterocycles. The lowest BCUT2D eigenvalue weighted by Crippen LogP contribution is -2.23. The predicted octanol–water partition coefficient (Wildman–Crippen LogP) is 4.37. The van der Waals surface area contributed by atoms with Crippen molar-refractivity contribution in [2.24, 2.45) is 0 Å². The van der Waals surface area contributed by atoms with E-state index in [1.54, 1.807) is 41.3 Å². The maximum absolute atomic E-state index is 12.3. The molecular weight excluding hydrogens is 335 g/mol. The minimum absolute atomic E-state index is 0.103. The summed E-state index contributed by atoms with van der Waals surface area (Å²) in [5.41, 5.74) is 1.69. The lowest BCUT2D eigenvalue weighted by molar-refractivity contribution is -0.117. The number of nitrogens with zero attached hydrogens (tertiary/aromatic N) is 1. The summed E-state index contributed by atoms with van der Waals surface area (Å²) < 4.78 is 0. The molecule has 0 atom stereocenters. The average Bonchev–Trinajstić information content (AvgIpc) is 2.96. The molecule has 1 N–H and O–H groups in total. The Morgan fingerprint density at radius 1 is 1.13 bits per heavy atom. The Hall–Kier alpha value is -2.04. The number of carbonyl (C=O) groups excluding carboxylic acids is 2. The molecule has 1 aliphatic rings. The largest absolute Gasteiger partial charge is 0.322 e. The summed E-state index contributed by atoms with van der Waals surface area (Å²) in [5.74, 6) is -0.242. The van der Waals surface area contributed by atoms with Crippen LogP contribution in [-0.4, -0.2) is 18.4 Å². The van der Waals surface area contributed by atoms with Crippen LogP contribution in [0.1, 0.15) is 23.2 Å². The van der Waals surface area contributed by atoms with E-state index in [0.29, 0.717) is 29.2 Å². The monoisotopic (exact) mass is 348 g/mol. The van der Waals surface area contributed by atoms with E-state index in [2.05, 4.69) is 5.32 Å². The molecule has 0 aliphatic carbocycles. The summed E-state index contributed by atoms with van der Waals surface area (Å²) in [5, 5.41) is 3.33. The third-order valence-corrected chi connectivity index (χ3v) is 4.50. The first-order valence-corrected chi connectivity index (χ1v) is 7.97. The van der Waals surface area contributed by atoms with Gasteiger partial charge in [-0.3, -0.25) is 9.59 Å². The Labute approximate surface area is 144 Å². The summed E-state index contributed by atoms with van der Waals surface area (Å²) in [6.07, 6.45) is 1.42. The van der Waals surface area contributed by atoms with E-state index < -0.39 is 0 Å². The minimum atomic E-state index is -0.345. The average molecular weight is 349 g/mol. The van der Waals surface area contributed by atoms with Crippen LogP contribution in [0, 0.1) is 0 Å². The number of benzene rings is 2. The van der Waals surface area contributed by atoms with Gasteiger partial charge in [0.15, 0.2) is 0 Å². The molecule has 2 aromatic rings. The van der Waals surface area contributed by atoms with E-state index in [9.17, 15) is 9.59 Å². The molecule has 1 heterocycles. The molecule has 4 nitrogen and oxygen atoms in total. The molecular formula is C17H14Cl2N2O2. The van der Waals surface area contributed by atoms with E-state index in [1.807, 2.05) is 6.07 Å². The fourth-order valence-corrected chi connectivity index (χ4v) is 2.94. The Kier molecular flexibility index (Phi) is 4.55.